The third-order valence-electron chi connectivity index (χ3n) is 2.98. The van der Waals surface area contributed by atoms with Crippen molar-refractivity contribution in [2.24, 2.45) is 0 Å². The number of aromatic nitrogens is 1. The maximum Gasteiger partial charge on any atom is 0.135 e. The first kappa shape index (κ1) is 13.8. The fraction of sp³-hybridized carbons (Fsp3) is 0.125. The lowest BCUT2D eigenvalue weighted by atomic mass is 10.2. The van der Waals surface area contributed by atoms with E-state index >= 15 is 0 Å². The van der Waals surface area contributed by atoms with Crippen LogP contribution >= 0.6 is 22.7 Å². The van der Waals surface area contributed by atoms with Gasteiger partial charge in [0.2, 0.25) is 0 Å². The minimum Gasteiger partial charge on any atom is -0.370 e. The molecule has 1 aromatic carbocycles. The zero-order valence-electron chi connectivity index (χ0n) is 11.7. The highest BCUT2D eigenvalue weighted by Crippen LogP contribution is 2.31. The van der Waals surface area contributed by atoms with Crippen LogP contribution in [0.4, 0.5) is 5.00 Å². The van der Waals surface area contributed by atoms with Crippen LogP contribution in [-0.4, -0.2) is 19.1 Å². The molecular weight excluding hydrogens is 298 g/mol. The van der Waals surface area contributed by atoms with Gasteiger partial charge in [0, 0.05) is 19.0 Å². The Bertz CT molecular complexity index is 817. The van der Waals surface area contributed by atoms with E-state index in [9.17, 15) is 5.26 Å². The van der Waals surface area contributed by atoms with Crippen LogP contribution in [0.2, 0.25) is 0 Å². The quantitative estimate of drug-likeness (QED) is 0.669. The lowest BCUT2D eigenvalue weighted by Crippen LogP contribution is -2.05. The molecule has 0 unspecified atom stereocenters. The number of allylic oxidation sites excluding steroid dienone is 1. The van der Waals surface area contributed by atoms with Crippen LogP contribution in [0.3, 0.4) is 0 Å². The summed E-state index contributed by atoms with van der Waals surface area (Å²) in [5.74, 6) is 0. The molecule has 0 N–H and O–H groups in total. The number of nitriles is 1. The molecule has 0 aliphatic rings. The standard InChI is InChI=1S/C16H13N3S2/c1-19(2)15-8-7-12(20-15)9-11(10-17)16-18-13-5-3-4-6-14(13)21-16/h3-9H,1-2H3/b11-9+. The summed E-state index contributed by atoms with van der Waals surface area (Å²) >= 11 is 3.22. The molecule has 0 saturated heterocycles. The monoisotopic (exact) mass is 311 g/mol. The van der Waals surface area contributed by atoms with Crippen molar-refractivity contribution in [2.45, 2.75) is 0 Å². The first-order valence-electron chi connectivity index (χ1n) is 6.42. The lowest BCUT2D eigenvalue weighted by Gasteiger charge is -2.06. The van der Waals surface area contributed by atoms with Crippen LogP contribution in [-0.2, 0) is 0 Å². The van der Waals surface area contributed by atoms with Gasteiger partial charge in [0.05, 0.1) is 20.8 Å². The van der Waals surface area contributed by atoms with Crippen molar-refractivity contribution in [1.29, 1.82) is 5.26 Å². The molecule has 0 bridgehead atoms. The van der Waals surface area contributed by atoms with Crippen molar-refractivity contribution in [3.63, 3.8) is 0 Å². The van der Waals surface area contributed by atoms with Gasteiger partial charge in [-0.15, -0.1) is 22.7 Å². The van der Waals surface area contributed by atoms with Gasteiger partial charge in [0.25, 0.3) is 0 Å². The van der Waals surface area contributed by atoms with E-state index < -0.39 is 0 Å². The number of thiazole rings is 1. The van der Waals surface area contributed by atoms with Gasteiger partial charge in [-0.05, 0) is 30.3 Å². The molecule has 2 heterocycles. The average molecular weight is 311 g/mol. The second-order valence-corrected chi connectivity index (χ2v) is 6.85. The third kappa shape index (κ3) is 2.82. The fourth-order valence-corrected chi connectivity index (χ4v) is 3.74. The summed E-state index contributed by atoms with van der Waals surface area (Å²) in [4.78, 5) is 7.67. The highest BCUT2D eigenvalue weighted by Gasteiger charge is 2.09. The number of fused-ring (bicyclic) bond motifs is 1. The van der Waals surface area contributed by atoms with Gasteiger partial charge < -0.3 is 4.90 Å². The molecular formula is C16H13N3S2. The second kappa shape index (κ2) is 5.68. The van der Waals surface area contributed by atoms with E-state index in [-0.39, 0.29) is 0 Å². The minimum absolute atomic E-state index is 0.614. The summed E-state index contributed by atoms with van der Waals surface area (Å²) in [6.45, 7) is 0. The maximum atomic E-state index is 9.42. The summed E-state index contributed by atoms with van der Waals surface area (Å²) in [5.41, 5.74) is 1.56. The third-order valence-corrected chi connectivity index (χ3v) is 5.25. The summed E-state index contributed by atoms with van der Waals surface area (Å²) in [6.07, 6.45) is 1.91. The van der Waals surface area contributed by atoms with Crippen molar-refractivity contribution < 1.29 is 0 Å². The molecule has 0 radical (unpaired) electrons. The number of para-hydroxylation sites is 1. The van der Waals surface area contributed by atoms with Crippen LogP contribution in [0.25, 0.3) is 21.9 Å². The smallest absolute Gasteiger partial charge is 0.135 e. The first-order valence-corrected chi connectivity index (χ1v) is 8.05. The van der Waals surface area contributed by atoms with E-state index in [0.717, 1.165) is 20.1 Å². The predicted octanol–water partition coefficient (Wildman–Crippen LogP) is 4.49. The van der Waals surface area contributed by atoms with Crippen molar-refractivity contribution in [3.8, 4) is 6.07 Å². The van der Waals surface area contributed by atoms with Gasteiger partial charge in [-0.3, -0.25) is 0 Å². The summed E-state index contributed by atoms with van der Waals surface area (Å²) < 4.78 is 1.11. The number of nitrogens with zero attached hydrogens (tertiary/aromatic N) is 3. The highest BCUT2D eigenvalue weighted by molar-refractivity contribution is 7.19. The van der Waals surface area contributed by atoms with Crippen molar-refractivity contribution in [3.05, 3.63) is 46.3 Å². The number of anilines is 1. The lowest BCUT2D eigenvalue weighted by molar-refractivity contribution is 1.16. The molecule has 0 aliphatic carbocycles. The molecule has 0 aliphatic heterocycles. The average Bonchev–Trinajstić information content (AvgIpc) is 3.11. The van der Waals surface area contributed by atoms with E-state index in [2.05, 4.69) is 22.0 Å². The number of rotatable bonds is 3. The van der Waals surface area contributed by atoms with E-state index in [1.54, 1.807) is 22.7 Å². The van der Waals surface area contributed by atoms with E-state index in [4.69, 9.17) is 0 Å². The molecule has 0 saturated carbocycles. The normalized spacial score (nSPS) is 11.6. The number of thiophene rings is 1. The van der Waals surface area contributed by atoms with Crippen molar-refractivity contribution >= 4 is 49.5 Å². The Morgan fingerprint density at radius 2 is 2.00 bits per heavy atom. The zero-order valence-corrected chi connectivity index (χ0v) is 13.3. The Morgan fingerprint density at radius 3 is 2.67 bits per heavy atom. The molecule has 3 nitrogen and oxygen atoms in total. The Balaban J connectivity index is 2.00. The highest BCUT2D eigenvalue weighted by atomic mass is 32.1. The molecule has 3 aromatic rings. The molecule has 0 atom stereocenters. The predicted molar refractivity (Wildman–Crippen MR) is 91.8 cm³/mol. The molecule has 104 valence electrons. The Labute approximate surface area is 131 Å². The van der Waals surface area contributed by atoms with Gasteiger partial charge in [-0.1, -0.05) is 12.1 Å². The Morgan fingerprint density at radius 1 is 1.19 bits per heavy atom. The molecule has 0 fully saturated rings. The van der Waals surface area contributed by atoms with Gasteiger partial charge >= 0.3 is 0 Å². The molecule has 0 amide bonds. The minimum atomic E-state index is 0.614. The second-order valence-electron chi connectivity index (χ2n) is 4.73. The number of hydrogen-bond donors (Lipinski definition) is 0. The largest absolute Gasteiger partial charge is 0.370 e. The van der Waals surface area contributed by atoms with Gasteiger partial charge in [0.1, 0.15) is 11.1 Å². The summed E-state index contributed by atoms with van der Waals surface area (Å²) in [5, 5.41) is 11.4. The van der Waals surface area contributed by atoms with Crippen LogP contribution < -0.4 is 4.90 Å². The van der Waals surface area contributed by atoms with Crippen molar-refractivity contribution in [1.82, 2.24) is 4.98 Å². The van der Waals surface area contributed by atoms with E-state index in [1.165, 1.54) is 5.00 Å². The van der Waals surface area contributed by atoms with Gasteiger partial charge in [0.15, 0.2) is 0 Å². The number of benzene rings is 1. The van der Waals surface area contributed by atoms with Crippen LogP contribution in [0, 0.1) is 11.3 Å². The first-order chi connectivity index (χ1) is 10.2. The van der Waals surface area contributed by atoms with Crippen LogP contribution in [0.1, 0.15) is 9.88 Å². The molecule has 21 heavy (non-hydrogen) atoms. The molecule has 2 aromatic heterocycles. The zero-order chi connectivity index (χ0) is 14.8. The topological polar surface area (TPSA) is 39.9 Å². The Kier molecular flexibility index (Phi) is 3.74. The summed E-state index contributed by atoms with van der Waals surface area (Å²) in [7, 11) is 4.02. The number of hydrogen-bond acceptors (Lipinski definition) is 5. The van der Waals surface area contributed by atoms with Crippen LogP contribution in [0.5, 0.6) is 0 Å². The Hall–Kier alpha value is -2.16. The van der Waals surface area contributed by atoms with Gasteiger partial charge in [-0.25, -0.2) is 4.98 Å². The van der Waals surface area contributed by atoms with E-state index in [0.29, 0.717) is 5.57 Å². The molecule has 0 spiro atoms. The molecule has 3 rings (SSSR count). The van der Waals surface area contributed by atoms with Crippen molar-refractivity contribution in [2.75, 3.05) is 19.0 Å². The summed E-state index contributed by atoms with van der Waals surface area (Å²) in [6, 6.07) is 14.3. The van der Waals surface area contributed by atoms with Gasteiger partial charge in [-0.2, -0.15) is 5.26 Å². The molecule has 5 heteroatoms. The maximum absolute atomic E-state index is 9.42. The van der Waals surface area contributed by atoms with Crippen LogP contribution in [0.15, 0.2) is 36.4 Å². The van der Waals surface area contributed by atoms with E-state index in [1.807, 2.05) is 50.5 Å². The SMILES string of the molecule is CN(C)c1ccc(/C=C(\C#N)c2nc3ccccc3s2)s1. The fourth-order valence-electron chi connectivity index (χ4n) is 1.93.